The number of thiazole rings is 1. The van der Waals surface area contributed by atoms with Gasteiger partial charge in [-0.05, 0) is 31.2 Å². The Bertz CT molecular complexity index is 1260. The van der Waals surface area contributed by atoms with Crippen LogP contribution in [0.5, 0.6) is 5.75 Å². The molecule has 0 spiro atoms. The molecule has 2 heterocycles. The fourth-order valence-corrected chi connectivity index (χ4v) is 4.04. The number of nitrogens with zero attached hydrogens (tertiary/aromatic N) is 3. The van der Waals surface area contributed by atoms with Crippen LogP contribution in [0.3, 0.4) is 0 Å². The first-order valence-corrected chi connectivity index (χ1v) is 10.7. The Morgan fingerprint density at radius 1 is 1.16 bits per heavy atom. The van der Waals surface area contributed by atoms with E-state index in [-0.39, 0.29) is 11.8 Å². The monoisotopic (exact) mass is 434 g/mol. The Hall–Kier alpha value is -3.65. The number of nitrogens with one attached hydrogen (secondary N) is 1. The van der Waals surface area contributed by atoms with Crippen molar-refractivity contribution in [2.24, 2.45) is 0 Å². The molecule has 0 aliphatic heterocycles. The zero-order chi connectivity index (χ0) is 22.0. The molecule has 158 valence electrons. The summed E-state index contributed by atoms with van der Waals surface area (Å²) < 4.78 is 7.36. The van der Waals surface area contributed by atoms with Crippen LogP contribution < -0.4 is 10.1 Å². The minimum absolute atomic E-state index is 0.0795. The first-order valence-electron chi connectivity index (χ1n) is 9.79. The minimum Gasteiger partial charge on any atom is -0.493 e. The molecule has 2 aromatic carbocycles. The molecule has 0 aliphatic rings. The van der Waals surface area contributed by atoms with E-state index in [9.17, 15) is 9.59 Å². The van der Waals surface area contributed by atoms with Crippen LogP contribution in [-0.4, -0.2) is 46.8 Å². The quantitative estimate of drug-likeness (QED) is 0.488. The van der Waals surface area contributed by atoms with E-state index in [0.717, 1.165) is 16.2 Å². The molecule has 1 N–H and O–H groups in total. The highest BCUT2D eigenvalue weighted by molar-refractivity contribution is 7.15. The number of ether oxygens (including phenoxy) is 1. The highest BCUT2D eigenvalue weighted by Crippen LogP contribution is 2.27. The van der Waals surface area contributed by atoms with Crippen molar-refractivity contribution in [1.82, 2.24) is 14.3 Å². The second-order valence-electron chi connectivity index (χ2n) is 7.06. The maximum absolute atomic E-state index is 12.8. The van der Waals surface area contributed by atoms with Crippen molar-refractivity contribution in [3.63, 3.8) is 0 Å². The van der Waals surface area contributed by atoms with Gasteiger partial charge in [-0.1, -0.05) is 24.3 Å². The SMILES string of the molecule is CCOc1ccccc1C(=O)Nc1cccc(-c2cn3c(C(=O)N(C)C)csc3n2)c1. The lowest BCUT2D eigenvalue weighted by atomic mass is 10.1. The van der Waals surface area contributed by atoms with Gasteiger partial charge < -0.3 is 15.0 Å². The van der Waals surface area contributed by atoms with Crippen LogP contribution in [-0.2, 0) is 0 Å². The molecule has 31 heavy (non-hydrogen) atoms. The fourth-order valence-electron chi connectivity index (χ4n) is 3.20. The molecule has 0 radical (unpaired) electrons. The summed E-state index contributed by atoms with van der Waals surface area (Å²) in [6.07, 6.45) is 1.84. The van der Waals surface area contributed by atoms with Gasteiger partial charge in [0.15, 0.2) is 4.96 Å². The van der Waals surface area contributed by atoms with Crippen LogP contribution in [0.4, 0.5) is 5.69 Å². The van der Waals surface area contributed by atoms with Gasteiger partial charge in [0, 0.05) is 36.9 Å². The van der Waals surface area contributed by atoms with E-state index >= 15 is 0 Å². The smallest absolute Gasteiger partial charge is 0.271 e. The highest BCUT2D eigenvalue weighted by Gasteiger charge is 2.17. The molecular formula is C23H22N4O3S. The molecule has 4 rings (SSSR count). The number of rotatable bonds is 6. The van der Waals surface area contributed by atoms with E-state index < -0.39 is 0 Å². The van der Waals surface area contributed by atoms with E-state index in [1.54, 1.807) is 42.1 Å². The first-order chi connectivity index (χ1) is 15.0. The Morgan fingerprint density at radius 2 is 1.97 bits per heavy atom. The third-order valence-corrected chi connectivity index (χ3v) is 5.52. The van der Waals surface area contributed by atoms with Crippen LogP contribution in [0.25, 0.3) is 16.2 Å². The van der Waals surface area contributed by atoms with Crippen molar-refractivity contribution in [3.05, 3.63) is 71.4 Å². The average molecular weight is 435 g/mol. The Balaban J connectivity index is 1.61. The van der Waals surface area contributed by atoms with Gasteiger partial charge in [-0.15, -0.1) is 11.3 Å². The Kier molecular flexibility index (Phi) is 5.73. The summed E-state index contributed by atoms with van der Waals surface area (Å²) in [6.45, 7) is 2.36. The van der Waals surface area contributed by atoms with Gasteiger partial charge in [-0.2, -0.15) is 0 Å². The van der Waals surface area contributed by atoms with Crippen LogP contribution in [0, 0.1) is 0 Å². The number of anilines is 1. The molecule has 2 amide bonds. The molecule has 0 atom stereocenters. The summed E-state index contributed by atoms with van der Waals surface area (Å²) in [6, 6.07) is 14.6. The van der Waals surface area contributed by atoms with Crippen molar-refractivity contribution in [1.29, 1.82) is 0 Å². The molecule has 4 aromatic rings. The zero-order valence-corrected chi connectivity index (χ0v) is 18.3. The van der Waals surface area contributed by atoms with Crippen molar-refractivity contribution < 1.29 is 14.3 Å². The van der Waals surface area contributed by atoms with Gasteiger partial charge in [0.05, 0.1) is 17.9 Å². The van der Waals surface area contributed by atoms with E-state index in [0.29, 0.717) is 29.3 Å². The van der Waals surface area contributed by atoms with Gasteiger partial charge in [-0.3, -0.25) is 14.0 Å². The molecule has 0 fully saturated rings. The topological polar surface area (TPSA) is 75.9 Å². The number of para-hydroxylation sites is 1. The van der Waals surface area contributed by atoms with Crippen LogP contribution in [0.1, 0.15) is 27.8 Å². The maximum atomic E-state index is 12.8. The minimum atomic E-state index is -0.245. The zero-order valence-electron chi connectivity index (χ0n) is 17.5. The predicted octanol–water partition coefficient (Wildman–Crippen LogP) is 4.42. The molecule has 0 bridgehead atoms. The third kappa shape index (κ3) is 4.15. The van der Waals surface area contributed by atoms with Crippen molar-refractivity contribution >= 4 is 33.8 Å². The third-order valence-electron chi connectivity index (χ3n) is 4.68. The van der Waals surface area contributed by atoms with Crippen molar-refractivity contribution in [3.8, 4) is 17.0 Å². The van der Waals surface area contributed by atoms with Gasteiger partial charge in [-0.25, -0.2) is 4.98 Å². The Labute approximate surface area is 183 Å². The average Bonchev–Trinajstić information content (AvgIpc) is 3.35. The van der Waals surface area contributed by atoms with Gasteiger partial charge in [0.25, 0.3) is 11.8 Å². The Morgan fingerprint density at radius 3 is 2.74 bits per heavy atom. The van der Waals surface area contributed by atoms with E-state index in [4.69, 9.17) is 4.74 Å². The molecular weight excluding hydrogens is 412 g/mol. The number of fused-ring (bicyclic) bond motifs is 1. The second-order valence-corrected chi connectivity index (χ2v) is 7.90. The first kappa shape index (κ1) is 20.6. The number of aromatic nitrogens is 2. The summed E-state index contributed by atoms with van der Waals surface area (Å²) in [4.78, 5) is 32.1. The molecule has 0 saturated heterocycles. The lowest BCUT2D eigenvalue weighted by Crippen LogP contribution is -2.22. The largest absolute Gasteiger partial charge is 0.493 e. The van der Waals surface area contributed by atoms with Crippen LogP contribution in [0.15, 0.2) is 60.1 Å². The number of hydrogen-bond acceptors (Lipinski definition) is 5. The summed E-state index contributed by atoms with van der Waals surface area (Å²) >= 11 is 1.41. The number of amides is 2. The molecule has 0 saturated carbocycles. The fraction of sp³-hybridized carbons (Fsp3) is 0.174. The second kappa shape index (κ2) is 8.61. The molecule has 7 nitrogen and oxygen atoms in total. The summed E-state index contributed by atoms with van der Waals surface area (Å²) in [5.41, 5.74) is 3.26. The van der Waals surface area contributed by atoms with Gasteiger partial charge in [0.1, 0.15) is 11.4 Å². The summed E-state index contributed by atoms with van der Waals surface area (Å²) in [5.74, 6) is 0.223. The summed E-state index contributed by atoms with van der Waals surface area (Å²) in [5, 5.41) is 4.73. The lowest BCUT2D eigenvalue weighted by molar-refractivity contribution is 0.0821. The van der Waals surface area contributed by atoms with Gasteiger partial charge >= 0.3 is 0 Å². The lowest BCUT2D eigenvalue weighted by Gasteiger charge is -2.11. The highest BCUT2D eigenvalue weighted by atomic mass is 32.1. The van der Waals surface area contributed by atoms with Crippen molar-refractivity contribution in [2.45, 2.75) is 6.92 Å². The number of imidazole rings is 1. The number of hydrogen-bond donors (Lipinski definition) is 1. The number of carbonyl (C=O) groups is 2. The van der Waals surface area contributed by atoms with Crippen LogP contribution in [0.2, 0.25) is 0 Å². The maximum Gasteiger partial charge on any atom is 0.271 e. The normalized spacial score (nSPS) is 10.8. The summed E-state index contributed by atoms with van der Waals surface area (Å²) in [7, 11) is 3.44. The number of benzene rings is 2. The molecule has 0 unspecified atom stereocenters. The standard InChI is InChI=1S/C23H22N4O3S/c1-4-30-20-11-6-5-10-17(20)21(28)24-16-9-7-8-15(12-16)18-13-27-19(22(29)26(2)3)14-31-23(27)25-18/h5-14H,4H2,1-3H3,(H,24,28). The molecule has 8 heteroatoms. The van der Waals surface area contributed by atoms with Crippen LogP contribution >= 0.6 is 11.3 Å². The van der Waals surface area contributed by atoms with E-state index in [1.807, 2.05) is 43.5 Å². The van der Waals surface area contributed by atoms with Crippen molar-refractivity contribution in [2.75, 3.05) is 26.0 Å². The predicted molar refractivity (Wildman–Crippen MR) is 122 cm³/mol. The number of carbonyl (C=O) groups excluding carboxylic acids is 2. The van der Waals surface area contributed by atoms with E-state index in [2.05, 4.69) is 10.3 Å². The molecule has 2 aromatic heterocycles. The van der Waals surface area contributed by atoms with Gasteiger partial charge in [0.2, 0.25) is 0 Å². The van der Waals surface area contributed by atoms with E-state index in [1.165, 1.54) is 16.2 Å². The molecule has 0 aliphatic carbocycles.